The van der Waals surface area contributed by atoms with Crippen molar-refractivity contribution in [2.75, 3.05) is 7.11 Å². The summed E-state index contributed by atoms with van der Waals surface area (Å²) in [5, 5.41) is 9.93. The van der Waals surface area contributed by atoms with Gasteiger partial charge in [0.05, 0.1) is 17.8 Å². The highest BCUT2D eigenvalue weighted by atomic mass is 19.1. The van der Waals surface area contributed by atoms with E-state index in [0.29, 0.717) is 5.56 Å². The molecule has 20 heavy (non-hydrogen) atoms. The van der Waals surface area contributed by atoms with Gasteiger partial charge in [-0.1, -0.05) is 0 Å². The van der Waals surface area contributed by atoms with Crippen molar-refractivity contribution in [1.82, 2.24) is 0 Å². The van der Waals surface area contributed by atoms with Gasteiger partial charge in [0.25, 0.3) is 0 Å². The van der Waals surface area contributed by atoms with E-state index in [9.17, 15) is 13.9 Å². The molecule has 0 atom stereocenters. The van der Waals surface area contributed by atoms with Gasteiger partial charge in [0.1, 0.15) is 11.6 Å². The van der Waals surface area contributed by atoms with Crippen LogP contribution in [0.1, 0.15) is 33.3 Å². The molecular formula is C14H20BF2O3. The Hall–Kier alpha value is -0.975. The highest BCUT2D eigenvalue weighted by Crippen LogP contribution is 2.24. The first-order valence-corrected chi connectivity index (χ1v) is 6.29. The first-order valence-electron chi connectivity index (χ1n) is 6.29. The summed E-state index contributed by atoms with van der Waals surface area (Å²) in [5.74, 6) is -1.47. The second kappa shape index (κ2) is 6.20. The Morgan fingerprint density at radius 3 is 2.05 bits per heavy atom. The van der Waals surface area contributed by atoms with Crippen LogP contribution in [0.25, 0.3) is 0 Å². The monoisotopic (exact) mass is 285 g/mol. The Balaban J connectivity index is 2.89. The van der Waals surface area contributed by atoms with Gasteiger partial charge in [-0.2, -0.15) is 0 Å². The normalized spacial score (nSPS) is 12.6. The molecular weight excluding hydrogens is 265 g/mol. The summed E-state index contributed by atoms with van der Waals surface area (Å²) in [6, 6.07) is 2.39. The van der Waals surface area contributed by atoms with Crippen molar-refractivity contribution in [2.24, 2.45) is 0 Å². The fraction of sp³-hybridized carbons (Fsp3) is 0.571. The summed E-state index contributed by atoms with van der Waals surface area (Å²) < 4.78 is 37.9. The molecule has 1 aromatic carbocycles. The maximum absolute atomic E-state index is 13.8. The SMILES string of the molecule is COCc1cc(F)c([B]OC(C)(C)C(C)(C)O)c(F)c1. The van der Waals surface area contributed by atoms with Crippen LogP contribution < -0.4 is 5.46 Å². The summed E-state index contributed by atoms with van der Waals surface area (Å²) in [6.07, 6.45) is 0. The molecule has 0 bridgehead atoms. The summed E-state index contributed by atoms with van der Waals surface area (Å²) in [6.45, 7) is 6.53. The lowest BCUT2D eigenvalue weighted by Gasteiger charge is -2.37. The minimum Gasteiger partial charge on any atom is -0.426 e. The Labute approximate surface area is 119 Å². The molecule has 1 N–H and O–H groups in total. The summed E-state index contributed by atoms with van der Waals surface area (Å²) in [4.78, 5) is 0. The molecule has 0 aliphatic heterocycles. The second-order valence-corrected chi connectivity index (χ2v) is 5.71. The van der Waals surface area contributed by atoms with Gasteiger partial charge in [-0.15, -0.1) is 0 Å². The van der Waals surface area contributed by atoms with Gasteiger partial charge in [-0.3, -0.25) is 0 Å². The lowest BCUT2D eigenvalue weighted by Crippen LogP contribution is -2.49. The topological polar surface area (TPSA) is 38.7 Å². The van der Waals surface area contributed by atoms with Crippen LogP contribution in [0, 0.1) is 11.6 Å². The number of aliphatic hydroxyl groups is 1. The van der Waals surface area contributed by atoms with Crippen molar-refractivity contribution in [1.29, 1.82) is 0 Å². The third-order valence-electron chi connectivity index (χ3n) is 3.39. The fourth-order valence-electron chi connectivity index (χ4n) is 1.35. The van der Waals surface area contributed by atoms with Gasteiger partial charge < -0.3 is 14.5 Å². The molecule has 0 amide bonds. The number of halogens is 2. The largest absolute Gasteiger partial charge is 0.426 e. The smallest absolute Gasteiger partial charge is 0.337 e. The minimum absolute atomic E-state index is 0.129. The molecule has 1 radical (unpaired) electrons. The Morgan fingerprint density at radius 2 is 1.65 bits per heavy atom. The highest BCUT2D eigenvalue weighted by molar-refractivity contribution is 6.47. The zero-order valence-corrected chi connectivity index (χ0v) is 12.5. The Morgan fingerprint density at radius 1 is 1.15 bits per heavy atom. The van der Waals surface area contributed by atoms with E-state index in [1.807, 2.05) is 0 Å². The molecule has 0 saturated heterocycles. The van der Waals surface area contributed by atoms with Crippen molar-refractivity contribution in [3.05, 3.63) is 29.3 Å². The molecule has 0 aliphatic carbocycles. The molecule has 0 unspecified atom stereocenters. The summed E-state index contributed by atoms with van der Waals surface area (Å²) >= 11 is 0. The third kappa shape index (κ3) is 4.01. The number of methoxy groups -OCH3 is 1. The molecule has 0 aromatic heterocycles. The van der Waals surface area contributed by atoms with Crippen LogP contribution in [0.15, 0.2) is 12.1 Å². The van der Waals surface area contributed by atoms with Crippen LogP contribution in [-0.4, -0.2) is 30.9 Å². The molecule has 3 nitrogen and oxygen atoms in total. The third-order valence-corrected chi connectivity index (χ3v) is 3.39. The first kappa shape index (κ1) is 17.1. The summed E-state index contributed by atoms with van der Waals surface area (Å²) in [5.41, 5.74) is -2.02. The van der Waals surface area contributed by atoms with Crippen LogP contribution in [-0.2, 0) is 16.0 Å². The van der Waals surface area contributed by atoms with Crippen LogP contribution in [0.5, 0.6) is 0 Å². The average Bonchev–Trinajstić information content (AvgIpc) is 2.26. The van der Waals surface area contributed by atoms with Crippen LogP contribution in [0.3, 0.4) is 0 Å². The van der Waals surface area contributed by atoms with Crippen LogP contribution in [0.2, 0.25) is 0 Å². The van der Waals surface area contributed by atoms with Crippen molar-refractivity contribution in [3.8, 4) is 0 Å². The van der Waals surface area contributed by atoms with E-state index >= 15 is 0 Å². The van der Waals surface area contributed by atoms with E-state index in [1.165, 1.54) is 19.2 Å². The Bertz CT molecular complexity index is 447. The molecule has 0 fully saturated rings. The van der Waals surface area contributed by atoms with Gasteiger partial charge in [0, 0.05) is 12.6 Å². The number of rotatable bonds is 6. The van der Waals surface area contributed by atoms with E-state index in [4.69, 9.17) is 9.39 Å². The molecule has 111 valence electrons. The lowest BCUT2D eigenvalue weighted by molar-refractivity contribution is -0.0894. The van der Waals surface area contributed by atoms with Crippen molar-refractivity contribution >= 4 is 12.9 Å². The van der Waals surface area contributed by atoms with Gasteiger partial charge >= 0.3 is 7.48 Å². The van der Waals surface area contributed by atoms with Gasteiger partial charge in [0.15, 0.2) is 0 Å². The summed E-state index contributed by atoms with van der Waals surface area (Å²) in [7, 11) is 2.45. The number of hydrogen-bond donors (Lipinski definition) is 1. The first-order chi connectivity index (χ1) is 9.08. The Kier molecular flexibility index (Phi) is 5.30. The van der Waals surface area contributed by atoms with Crippen LogP contribution in [0.4, 0.5) is 8.78 Å². The highest BCUT2D eigenvalue weighted by Gasteiger charge is 2.36. The minimum atomic E-state index is -1.16. The zero-order valence-electron chi connectivity index (χ0n) is 12.5. The van der Waals surface area contributed by atoms with Crippen LogP contribution >= 0.6 is 0 Å². The standard InChI is InChI=1S/C14H20BF2O3/c1-13(2,18)14(3,4)20-15-12-10(16)6-9(8-19-5)7-11(12)17/h6-7,18H,8H2,1-5H3. The molecule has 0 heterocycles. The average molecular weight is 285 g/mol. The lowest BCUT2D eigenvalue weighted by atomic mass is 9.81. The molecule has 6 heteroatoms. The number of ether oxygens (including phenoxy) is 1. The van der Waals surface area contributed by atoms with E-state index in [0.717, 1.165) is 7.48 Å². The van der Waals surface area contributed by atoms with E-state index in [1.54, 1.807) is 27.7 Å². The predicted molar refractivity (Wildman–Crippen MR) is 73.9 cm³/mol. The fourth-order valence-corrected chi connectivity index (χ4v) is 1.35. The quantitative estimate of drug-likeness (QED) is 0.812. The maximum Gasteiger partial charge on any atom is 0.337 e. The van der Waals surface area contributed by atoms with E-state index in [2.05, 4.69) is 0 Å². The zero-order chi connectivity index (χ0) is 15.6. The van der Waals surface area contributed by atoms with Crippen molar-refractivity contribution < 1.29 is 23.3 Å². The van der Waals surface area contributed by atoms with Gasteiger partial charge in [-0.25, -0.2) is 8.78 Å². The molecule has 0 aliphatic rings. The van der Waals surface area contributed by atoms with E-state index < -0.39 is 22.8 Å². The molecule has 0 spiro atoms. The van der Waals surface area contributed by atoms with Gasteiger partial charge in [0.2, 0.25) is 0 Å². The maximum atomic E-state index is 13.8. The molecule has 1 rings (SSSR count). The van der Waals surface area contributed by atoms with Crippen molar-refractivity contribution in [2.45, 2.75) is 45.5 Å². The number of benzene rings is 1. The second-order valence-electron chi connectivity index (χ2n) is 5.71. The van der Waals surface area contributed by atoms with E-state index in [-0.39, 0.29) is 12.1 Å². The van der Waals surface area contributed by atoms with Gasteiger partial charge in [-0.05, 0) is 45.4 Å². The molecule has 0 saturated carbocycles. The predicted octanol–water partition coefficient (Wildman–Crippen LogP) is 1.92. The number of hydrogen-bond acceptors (Lipinski definition) is 3. The molecule has 1 aromatic rings. The van der Waals surface area contributed by atoms with Crippen molar-refractivity contribution in [3.63, 3.8) is 0 Å².